The molecule has 1 aromatic carbocycles. The van der Waals surface area contributed by atoms with E-state index in [1.54, 1.807) is 0 Å². The second-order valence-electron chi connectivity index (χ2n) is 2.82. The Labute approximate surface area is 174 Å². The zero-order valence-electron chi connectivity index (χ0n) is 8.73. The van der Waals surface area contributed by atoms with Crippen LogP contribution in [0.15, 0.2) is 24.3 Å². The summed E-state index contributed by atoms with van der Waals surface area (Å²) >= 11 is 0. The van der Waals surface area contributed by atoms with Crippen molar-refractivity contribution in [1.29, 1.82) is 0 Å². The van der Waals surface area contributed by atoms with E-state index in [1.807, 2.05) is 0 Å². The predicted molar refractivity (Wildman–Crippen MR) is 43.9 cm³/mol. The normalized spacial score (nSPS) is 11.4. The van der Waals surface area contributed by atoms with Crippen LogP contribution in [0.3, 0.4) is 0 Å². The Kier molecular flexibility index (Phi) is 9.89. The maximum atomic E-state index is 12.0. The largest absolute Gasteiger partial charge is 1.00 e. The third-order valence-electron chi connectivity index (χ3n) is 1.69. The van der Waals surface area contributed by atoms with Crippen LogP contribution in [-0.2, 0) is 0 Å². The molecule has 0 nitrogen and oxygen atoms in total. The molecule has 0 spiro atoms. The fraction of sp³-hybridized carbons (Fsp3) is 0. The molecule has 0 radical (unpaired) electrons. The van der Waals surface area contributed by atoms with E-state index in [2.05, 4.69) is 0 Å². The Hall–Kier alpha value is 2.20. The first-order valence-corrected chi connectivity index (χ1v) is 3.71. The Morgan fingerprint density at radius 3 is 0.875 bits per heavy atom. The quantitative estimate of drug-likeness (QED) is 0.383. The Bertz CT molecular complexity index is 286. The van der Waals surface area contributed by atoms with E-state index in [1.165, 1.54) is 0 Å². The van der Waals surface area contributed by atoms with Gasteiger partial charge in [0, 0.05) is 0 Å². The van der Waals surface area contributed by atoms with E-state index in [0.29, 0.717) is 24.3 Å². The molecular weight excluding hydrogens is 286 g/mol. The molecule has 0 unspecified atom stereocenters. The van der Waals surface area contributed by atoms with Crippen molar-refractivity contribution in [3.63, 3.8) is 0 Å². The van der Waals surface area contributed by atoms with Crippen LogP contribution in [-0.4, -0.2) is 14.0 Å². The standard InChI is InChI=1S/C6H4B2F6.2K/c9-7(10,11)5-1-2-6(4-3-5)8(12,13)14;;/h1-4H;;/q-2;2*+1. The van der Waals surface area contributed by atoms with E-state index < -0.39 is 24.9 Å². The number of rotatable bonds is 2. The minimum Gasteiger partial charge on any atom is -0.445 e. The van der Waals surface area contributed by atoms with Crippen LogP contribution in [0.4, 0.5) is 25.9 Å². The van der Waals surface area contributed by atoms with Gasteiger partial charge in [-0.25, -0.2) is 0 Å². The summed E-state index contributed by atoms with van der Waals surface area (Å²) < 4.78 is 72.0. The number of hydrogen-bond donors (Lipinski definition) is 0. The van der Waals surface area contributed by atoms with Crippen molar-refractivity contribution in [3.05, 3.63) is 24.3 Å². The van der Waals surface area contributed by atoms with Crippen molar-refractivity contribution in [3.8, 4) is 0 Å². The molecule has 0 bridgehead atoms. The molecule has 78 valence electrons. The van der Waals surface area contributed by atoms with Crippen molar-refractivity contribution in [2.24, 2.45) is 0 Å². The van der Waals surface area contributed by atoms with Crippen LogP contribution in [0, 0.1) is 0 Å². The van der Waals surface area contributed by atoms with Crippen LogP contribution >= 0.6 is 0 Å². The minimum absolute atomic E-state index is 0. The second kappa shape index (κ2) is 7.71. The van der Waals surface area contributed by atoms with Crippen molar-refractivity contribution in [1.82, 2.24) is 0 Å². The SMILES string of the molecule is F[B-](F)(F)c1ccc([B-](F)(F)F)cc1.[K+].[K+]. The predicted octanol–water partition coefficient (Wildman–Crippen LogP) is -4.20. The van der Waals surface area contributed by atoms with Crippen molar-refractivity contribution in [2.45, 2.75) is 0 Å². The first kappa shape index (κ1) is 20.5. The maximum absolute atomic E-state index is 12.0. The summed E-state index contributed by atoms with van der Waals surface area (Å²) in [4.78, 5) is 0. The van der Waals surface area contributed by atoms with Gasteiger partial charge in [-0.15, -0.1) is 10.9 Å². The van der Waals surface area contributed by atoms with Gasteiger partial charge in [0.25, 0.3) is 0 Å². The van der Waals surface area contributed by atoms with E-state index >= 15 is 0 Å². The van der Waals surface area contributed by atoms with Gasteiger partial charge in [-0.1, -0.05) is 24.3 Å². The Balaban J connectivity index is 0. The smallest absolute Gasteiger partial charge is 0.445 e. The van der Waals surface area contributed by atoms with Gasteiger partial charge in [-0.05, 0) is 0 Å². The van der Waals surface area contributed by atoms with Crippen molar-refractivity contribution in [2.75, 3.05) is 0 Å². The van der Waals surface area contributed by atoms with E-state index in [9.17, 15) is 25.9 Å². The van der Waals surface area contributed by atoms with Gasteiger partial charge in [-0.2, -0.15) is 0 Å². The molecule has 1 rings (SSSR count). The first-order chi connectivity index (χ1) is 6.21. The molecule has 0 aliphatic rings. The Morgan fingerprint density at radius 2 is 0.750 bits per heavy atom. The summed E-state index contributed by atoms with van der Waals surface area (Å²) in [6.07, 6.45) is 0. The average Bonchev–Trinajstić information content (AvgIpc) is 2.01. The molecule has 0 aliphatic heterocycles. The summed E-state index contributed by atoms with van der Waals surface area (Å²) in [5, 5.41) is 0. The van der Waals surface area contributed by atoms with Gasteiger partial charge >= 0.3 is 117 Å². The van der Waals surface area contributed by atoms with E-state index in [-0.39, 0.29) is 103 Å². The fourth-order valence-corrected chi connectivity index (χ4v) is 0.932. The molecule has 0 saturated carbocycles. The zero-order chi connectivity index (χ0) is 11.0. The molecule has 0 fully saturated rings. The molecule has 0 atom stereocenters. The van der Waals surface area contributed by atoms with Gasteiger partial charge in [0.15, 0.2) is 0 Å². The van der Waals surface area contributed by atoms with Gasteiger partial charge in [0.1, 0.15) is 0 Å². The molecule has 10 heteroatoms. The van der Waals surface area contributed by atoms with Crippen LogP contribution in [0.1, 0.15) is 0 Å². The molecule has 0 saturated heterocycles. The molecule has 0 aliphatic carbocycles. The summed E-state index contributed by atoms with van der Waals surface area (Å²) in [5.41, 5.74) is -2.04. The molecule has 0 N–H and O–H groups in total. The molecule has 0 amide bonds. The number of hydrogen-bond acceptors (Lipinski definition) is 0. The monoisotopic (exact) mass is 290 g/mol. The summed E-state index contributed by atoms with van der Waals surface area (Å²) in [5.74, 6) is 0. The van der Waals surface area contributed by atoms with Gasteiger partial charge in [0.05, 0.1) is 0 Å². The van der Waals surface area contributed by atoms with Crippen molar-refractivity contribution >= 4 is 24.9 Å². The fourth-order valence-electron chi connectivity index (χ4n) is 0.932. The van der Waals surface area contributed by atoms with Gasteiger partial charge in [-0.3, -0.25) is 0 Å². The van der Waals surface area contributed by atoms with E-state index in [4.69, 9.17) is 0 Å². The molecule has 16 heavy (non-hydrogen) atoms. The van der Waals surface area contributed by atoms with E-state index in [0.717, 1.165) is 0 Å². The third kappa shape index (κ3) is 6.39. The molecule has 1 aromatic rings. The topological polar surface area (TPSA) is 0 Å². The summed E-state index contributed by atoms with van der Waals surface area (Å²) in [6.45, 7) is -10.4. The maximum Gasteiger partial charge on any atom is 1.00 e. The molecule has 0 heterocycles. The average molecular weight is 290 g/mol. The molecular formula is C6H4B2F6K2. The van der Waals surface area contributed by atoms with Crippen molar-refractivity contribution < 1.29 is 129 Å². The zero-order valence-corrected chi connectivity index (χ0v) is 15.0. The van der Waals surface area contributed by atoms with Gasteiger partial charge in [0.2, 0.25) is 0 Å². The number of benzene rings is 1. The van der Waals surface area contributed by atoms with Crippen LogP contribution in [0.2, 0.25) is 0 Å². The van der Waals surface area contributed by atoms with Crippen LogP contribution < -0.4 is 114 Å². The van der Waals surface area contributed by atoms with Gasteiger partial charge < -0.3 is 25.9 Å². The van der Waals surface area contributed by atoms with Crippen LogP contribution in [0.5, 0.6) is 0 Å². The Morgan fingerprint density at radius 1 is 0.562 bits per heavy atom. The molecule has 0 aromatic heterocycles. The number of halogens is 6. The van der Waals surface area contributed by atoms with Crippen LogP contribution in [0.25, 0.3) is 0 Å². The minimum atomic E-state index is -5.22. The summed E-state index contributed by atoms with van der Waals surface area (Å²) in [7, 11) is 0. The third-order valence-corrected chi connectivity index (χ3v) is 1.69. The first-order valence-electron chi connectivity index (χ1n) is 3.71. The summed E-state index contributed by atoms with van der Waals surface area (Å²) in [6, 6.07) is 1.80. The second-order valence-corrected chi connectivity index (χ2v) is 2.82.